The van der Waals surface area contributed by atoms with E-state index in [-0.39, 0.29) is 18.6 Å². The molecule has 13 heteroatoms. The SMILES string of the molecule is CNc1cc(-n2nc(C)cc2Nc2cc(NC(=O)c3cc(CCNCCO)cc(C(F)(F)F)c3)ccc2C)ncn1. The number of aryl methyl sites for hydroxylation is 2. The van der Waals surface area contributed by atoms with Crippen LogP contribution in [-0.2, 0) is 12.6 Å². The van der Waals surface area contributed by atoms with Crippen molar-refractivity contribution in [3.05, 3.63) is 82.8 Å². The Hall–Kier alpha value is -4.49. The largest absolute Gasteiger partial charge is 0.416 e. The number of nitrogens with one attached hydrogen (secondary N) is 4. The first kappa shape index (κ1) is 29.5. The molecule has 4 aromatic rings. The van der Waals surface area contributed by atoms with Crippen LogP contribution in [0.3, 0.4) is 0 Å². The Morgan fingerprint density at radius 3 is 2.56 bits per heavy atom. The molecular formula is C28H31F3N8O2. The van der Waals surface area contributed by atoms with Crippen molar-refractivity contribution in [2.45, 2.75) is 26.4 Å². The molecule has 0 unspecified atom stereocenters. The third-order valence-electron chi connectivity index (χ3n) is 6.18. The monoisotopic (exact) mass is 568 g/mol. The number of halogens is 3. The molecule has 0 aliphatic carbocycles. The molecule has 0 aliphatic heterocycles. The molecule has 2 heterocycles. The summed E-state index contributed by atoms with van der Waals surface area (Å²) in [6, 6.07) is 12.1. The first-order valence-electron chi connectivity index (χ1n) is 12.9. The van der Waals surface area contributed by atoms with Crippen LogP contribution in [-0.4, -0.2) is 57.5 Å². The van der Waals surface area contributed by atoms with Crippen LogP contribution in [0.2, 0.25) is 0 Å². The van der Waals surface area contributed by atoms with Crippen molar-refractivity contribution in [1.29, 1.82) is 0 Å². The van der Waals surface area contributed by atoms with Gasteiger partial charge in [-0.05, 0) is 68.3 Å². The quantitative estimate of drug-likeness (QED) is 0.168. The lowest BCUT2D eigenvalue weighted by Gasteiger charge is -2.15. The van der Waals surface area contributed by atoms with Crippen molar-refractivity contribution in [1.82, 2.24) is 25.1 Å². The minimum absolute atomic E-state index is 0.0799. The van der Waals surface area contributed by atoms with Crippen molar-refractivity contribution >= 4 is 28.9 Å². The molecule has 41 heavy (non-hydrogen) atoms. The molecular weight excluding hydrogens is 537 g/mol. The number of hydrogen-bond acceptors (Lipinski definition) is 8. The van der Waals surface area contributed by atoms with E-state index in [0.29, 0.717) is 47.5 Å². The second-order valence-electron chi connectivity index (χ2n) is 9.34. The fourth-order valence-electron chi connectivity index (χ4n) is 4.11. The molecule has 0 bridgehead atoms. The van der Waals surface area contributed by atoms with Gasteiger partial charge in [-0.15, -0.1) is 0 Å². The highest BCUT2D eigenvalue weighted by Crippen LogP contribution is 2.32. The van der Waals surface area contributed by atoms with Gasteiger partial charge in [0.05, 0.1) is 17.9 Å². The summed E-state index contributed by atoms with van der Waals surface area (Å²) in [5.74, 6) is 1.10. The Morgan fingerprint density at radius 2 is 1.83 bits per heavy atom. The third-order valence-corrected chi connectivity index (χ3v) is 6.18. The second-order valence-corrected chi connectivity index (χ2v) is 9.34. The van der Waals surface area contributed by atoms with Crippen molar-refractivity contribution < 1.29 is 23.1 Å². The maximum atomic E-state index is 13.6. The first-order chi connectivity index (χ1) is 19.6. The fourth-order valence-corrected chi connectivity index (χ4v) is 4.11. The number of aromatic nitrogens is 4. The standard InChI is InChI=1S/C28H31F3N8O2/c1-17-4-5-22(14-23(17)37-26-10-18(2)38-39(26)25-15-24(32-3)34-16-35-25)36-27(41)20-11-19(6-7-33-8-9-40)12-21(13-20)28(29,30)31/h4-5,10-16,33,37,40H,6-9H2,1-3H3,(H,36,41)(H,32,34,35). The predicted molar refractivity (Wildman–Crippen MR) is 151 cm³/mol. The number of benzene rings is 2. The zero-order valence-corrected chi connectivity index (χ0v) is 22.8. The Morgan fingerprint density at radius 1 is 1.02 bits per heavy atom. The number of hydrogen-bond donors (Lipinski definition) is 5. The molecule has 1 amide bonds. The summed E-state index contributed by atoms with van der Waals surface area (Å²) in [5, 5.41) is 25.3. The number of nitrogens with zero attached hydrogens (tertiary/aromatic N) is 4. The highest BCUT2D eigenvalue weighted by Gasteiger charge is 2.31. The summed E-state index contributed by atoms with van der Waals surface area (Å²) >= 11 is 0. The highest BCUT2D eigenvalue weighted by atomic mass is 19.4. The lowest BCUT2D eigenvalue weighted by molar-refractivity contribution is -0.137. The molecule has 2 aromatic heterocycles. The minimum atomic E-state index is -4.61. The molecule has 0 radical (unpaired) electrons. The smallest absolute Gasteiger partial charge is 0.395 e. The van der Waals surface area contributed by atoms with Crippen molar-refractivity contribution in [3.63, 3.8) is 0 Å². The van der Waals surface area contributed by atoms with Crippen LogP contribution in [0, 0.1) is 13.8 Å². The van der Waals surface area contributed by atoms with Gasteiger partial charge in [-0.3, -0.25) is 4.79 Å². The van der Waals surface area contributed by atoms with Crippen LogP contribution >= 0.6 is 0 Å². The van der Waals surface area contributed by atoms with Gasteiger partial charge in [-0.25, -0.2) is 9.97 Å². The molecule has 2 aromatic carbocycles. The van der Waals surface area contributed by atoms with E-state index in [2.05, 4.69) is 36.3 Å². The number of rotatable bonds is 11. The fraction of sp³-hybridized carbons (Fsp3) is 0.286. The van der Waals surface area contributed by atoms with Gasteiger partial charge in [0, 0.05) is 42.7 Å². The van der Waals surface area contributed by atoms with E-state index >= 15 is 0 Å². The molecule has 216 valence electrons. The van der Waals surface area contributed by atoms with Crippen molar-refractivity contribution in [2.24, 2.45) is 0 Å². The summed E-state index contributed by atoms with van der Waals surface area (Å²) in [5.41, 5.74) is 2.01. The second kappa shape index (κ2) is 12.8. The Bertz CT molecular complexity index is 1520. The maximum Gasteiger partial charge on any atom is 0.416 e. The predicted octanol–water partition coefficient (Wildman–Crippen LogP) is 4.46. The third kappa shape index (κ3) is 7.58. The lowest BCUT2D eigenvalue weighted by Crippen LogP contribution is -2.21. The number of anilines is 4. The average Bonchev–Trinajstić information content (AvgIpc) is 3.32. The van der Waals surface area contributed by atoms with Gasteiger partial charge in [0.25, 0.3) is 5.91 Å². The highest BCUT2D eigenvalue weighted by molar-refractivity contribution is 6.04. The normalized spacial score (nSPS) is 11.4. The van der Waals surface area contributed by atoms with E-state index < -0.39 is 17.6 Å². The van der Waals surface area contributed by atoms with Crippen LogP contribution in [0.5, 0.6) is 0 Å². The lowest BCUT2D eigenvalue weighted by atomic mass is 10.0. The zero-order valence-electron chi connectivity index (χ0n) is 22.8. The molecule has 10 nitrogen and oxygen atoms in total. The summed E-state index contributed by atoms with van der Waals surface area (Å²) in [6.45, 7) is 4.33. The molecule has 0 aliphatic rings. The summed E-state index contributed by atoms with van der Waals surface area (Å²) < 4.78 is 42.4. The summed E-state index contributed by atoms with van der Waals surface area (Å²) in [7, 11) is 1.75. The number of carbonyl (C=O) groups excluding carboxylic acids is 1. The van der Waals surface area contributed by atoms with Gasteiger partial charge in [0.15, 0.2) is 5.82 Å². The number of aliphatic hydroxyl groups is 1. The summed E-state index contributed by atoms with van der Waals surface area (Å²) in [6.07, 6.45) is -2.92. The first-order valence-corrected chi connectivity index (χ1v) is 12.9. The van der Waals surface area contributed by atoms with Crippen LogP contribution in [0.15, 0.2) is 54.9 Å². The van der Waals surface area contributed by atoms with Gasteiger partial charge in [0.1, 0.15) is 18.0 Å². The molecule has 0 saturated heterocycles. The van der Waals surface area contributed by atoms with E-state index in [1.165, 1.54) is 12.4 Å². The Kier molecular flexibility index (Phi) is 9.20. The maximum absolute atomic E-state index is 13.6. The van der Waals surface area contributed by atoms with E-state index in [9.17, 15) is 18.0 Å². The zero-order chi connectivity index (χ0) is 29.6. The van der Waals surface area contributed by atoms with E-state index in [1.54, 1.807) is 36.0 Å². The van der Waals surface area contributed by atoms with Crippen LogP contribution in [0.4, 0.5) is 36.2 Å². The molecule has 5 N–H and O–H groups in total. The number of carbonyl (C=O) groups is 1. The van der Waals surface area contributed by atoms with Crippen molar-refractivity contribution in [2.75, 3.05) is 42.7 Å². The Labute approximate surface area is 235 Å². The van der Waals surface area contributed by atoms with Crippen molar-refractivity contribution in [3.8, 4) is 5.82 Å². The number of alkyl halides is 3. The average molecular weight is 569 g/mol. The number of aliphatic hydroxyl groups excluding tert-OH is 1. The van der Waals surface area contributed by atoms with Gasteiger partial charge in [0.2, 0.25) is 0 Å². The topological polar surface area (TPSA) is 129 Å². The number of amides is 1. The van der Waals surface area contributed by atoms with Gasteiger partial charge < -0.3 is 26.4 Å². The van der Waals surface area contributed by atoms with E-state index in [4.69, 9.17) is 5.11 Å². The van der Waals surface area contributed by atoms with Crippen LogP contribution in [0.25, 0.3) is 5.82 Å². The summed E-state index contributed by atoms with van der Waals surface area (Å²) in [4.78, 5) is 21.5. The molecule has 0 spiro atoms. The van der Waals surface area contributed by atoms with Gasteiger partial charge in [-0.1, -0.05) is 6.07 Å². The van der Waals surface area contributed by atoms with E-state index in [0.717, 1.165) is 23.4 Å². The van der Waals surface area contributed by atoms with Gasteiger partial charge >= 0.3 is 6.18 Å². The molecule has 0 atom stereocenters. The molecule has 0 saturated carbocycles. The van der Waals surface area contributed by atoms with Crippen LogP contribution < -0.4 is 21.3 Å². The minimum Gasteiger partial charge on any atom is -0.395 e. The Balaban J connectivity index is 1.57. The van der Waals surface area contributed by atoms with E-state index in [1.807, 2.05) is 19.9 Å². The van der Waals surface area contributed by atoms with Gasteiger partial charge in [-0.2, -0.15) is 23.0 Å². The molecule has 4 rings (SSSR count). The molecule has 0 fully saturated rings. The van der Waals surface area contributed by atoms with Crippen LogP contribution in [0.1, 0.15) is 32.7 Å².